The second-order valence-corrected chi connectivity index (χ2v) is 6.84. The summed E-state index contributed by atoms with van der Waals surface area (Å²) in [7, 11) is 0. The van der Waals surface area contributed by atoms with Crippen molar-refractivity contribution < 1.29 is 0 Å². The molecule has 2 rings (SSSR count). The highest BCUT2D eigenvalue weighted by Crippen LogP contribution is 2.25. The molecule has 0 bridgehead atoms. The Bertz CT molecular complexity index is 670. The standard InChI is InChI=1S/C16H21ClN2O/c1-5-12(17)14-18-13-9-7-6-8-11(13)15(20)19(14)10-16(2,3)4/h6-9,12H,5,10H2,1-4H3. The van der Waals surface area contributed by atoms with E-state index in [2.05, 4.69) is 25.8 Å². The summed E-state index contributed by atoms with van der Waals surface area (Å²) < 4.78 is 1.74. The van der Waals surface area contributed by atoms with E-state index >= 15 is 0 Å². The predicted molar refractivity (Wildman–Crippen MR) is 84.3 cm³/mol. The Hall–Kier alpha value is -1.35. The van der Waals surface area contributed by atoms with E-state index in [9.17, 15) is 4.79 Å². The lowest BCUT2D eigenvalue weighted by Crippen LogP contribution is -2.31. The Kier molecular flexibility index (Phi) is 4.19. The number of nitrogens with zero attached hydrogens (tertiary/aromatic N) is 2. The van der Waals surface area contributed by atoms with Crippen molar-refractivity contribution in [1.29, 1.82) is 0 Å². The van der Waals surface area contributed by atoms with Gasteiger partial charge in [0.2, 0.25) is 0 Å². The molecule has 1 heterocycles. The number of halogens is 1. The van der Waals surface area contributed by atoms with E-state index in [1.54, 1.807) is 4.57 Å². The third kappa shape index (κ3) is 3.04. The normalized spacial score (nSPS) is 13.7. The van der Waals surface area contributed by atoms with Crippen molar-refractivity contribution in [2.24, 2.45) is 5.41 Å². The van der Waals surface area contributed by atoms with E-state index in [1.807, 2.05) is 31.2 Å². The smallest absolute Gasteiger partial charge is 0.261 e. The predicted octanol–water partition coefficient (Wildman–Crippen LogP) is 4.13. The lowest BCUT2D eigenvalue weighted by atomic mass is 9.96. The molecule has 0 fully saturated rings. The number of alkyl halides is 1. The first-order valence-electron chi connectivity index (χ1n) is 6.97. The highest BCUT2D eigenvalue weighted by molar-refractivity contribution is 6.20. The number of para-hydroxylation sites is 1. The van der Waals surface area contributed by atoms with Crippen LogP contribution >= 0.6 is 11.6 Å². The van der Waals surface area contributed by atoms with Crippen molar-refractivity contribution in [3.63, 3.8) is 0 Å². The molecular formula is C16H21ClN2O. The zero-order valence-corrected chi connectivity index (χ0v) is 13.2. The zero-order chi connectivity index (χ0) is 14.9. The molecule has 0 saturated heterocycles. The van der Waals surface area contributed by atoms with Crippen molar-refractivity contribution in [2.75, 3.05) is 0 Å². The van der Waals surface area contributed by atoms with Gasteiger partial charge in [-0.1, -0.05) is 39.8 Å². The van der Waals surface area contributed by atoms with E-state index in [0.717, 1.165) is 11.9 Å². The van der Waals surface area contributed by atoms with Crippen LogP contribution in [0.1, 0.15) is 45.3 Å². The third-order valence-corrected chi connectivity index (χ3v) is 3.67. The van der Waals surface area contributed by atoms with Gasteiger partial charge in [-0.25, -0.2) is 4.98 Å². The summed E-state index contributed by atoms with van der Waals surface area (Å²) in [5.74, 6) is 0.674. The number of rotatable bonds is 3. The van der Waals surface area contributed by atoms with Crippen LogP contribution in [0.15, 0.2) is 29.1 Å². The molecular weight excluding hydrogens is 272 g/mol. The number of fused-ring (bicyclic) bond motifs is 1. The largest absolute Gasteiger partial charge is 0.294 e. The maximum absolute atomic E-state index is 12.7. The first-order valence-corrected chi connectivity index (χ1v) is 7.40. The molecule has 0 saturated carbocycles. The Labute approximate surface area is 124 Å². The monoisotopic (exact) mass is 292 g/mol. The van der Waals surface area contributed by atoms with Crippen LogP contribution in [0, 0.1) is 5.41 Å². The van der Waals surface area contributed by atoms with Crippen LogP contribution in [0.5, 0.6) is 0 Å². The van der Waals surface area contributed by atoms with Crippen LogP contribution in [-0.2, 0) is 6.54 Å². The van der Waals surface area contributed by atoms with Gasteiger partial charge in [-0.3, -0.25) is 9.36 Å². The van der Waals surface area contributed by atoms with Gasteiger partial charge in [0.05, 0.1) is 16.3 Å². The minimum absolute atomic E-state index is 0.000347. The van der Waals surface area contributed by atoms with Gasteiger partial charge in [-0.2, -0.15) is 0 Å². The topological polar surface area (TPSA) is 34.9 Å². The molecule has 1 atom stereocenters. The van der Waals surface area contributed by atoms with Crippen molar-refractivity contribution in [3.05, 3.63) is 40.4 Å². The van der Waals surface area contributed by atoms with E-state index in [1.165, 1.54) is 0 Å². The average Bonchev–Trinajstić information content (AvgIpc) is 2.39. The van der Waals surface area contributed by atoms with Gasteiger partial charge < -0.3 is 0 Å². The summed E-state index contributed by atoms with van der Waals surface area (Å²) in [6, 6.07) is 7.44. The first-order chi connectivity index (χ1) is 9.33. The summed E-state index contributed by atoms with van der Waals surface area (Å²) in [6.07, 6.45) is 0.747. The summed E-state index contributed by atoms with van der Waals surface area (Å²) in [4.78, 5) is 17.3. The molecule has 0 spiro atoms. The van der Waals surface area contributed by atoms with Crippen molar-refractivity contribution >= 4 is 22.5 Å². The summed E-state index contributed by atoms with van der Waals surface area (Å²) in [6.45, 7) is 8.93. The molecule has 3 nitrogen and oxygen atoms in total. The molecule has 1 aromatic carbocycles. The highest BCUT2D eigenvalue weighted by Gasteiger charge is 2.20. The van der Waals surface area contributed by atoms with Crippen molar-refractivity contribution in [3.8, 4) is 0 Å². The molecule has 0 N–H and O–H groups in total. The fourth-order valence-corrected chi connectivity index (χ4v) is 2.40. The third-order valence-electron chi connectivity index (χ3n) is 3.16. The lowest BCUT2D eigenvalue weighted by molar-refractivity contribution is 0.330. The summed E-state index contributed by atoms with van der Waals surface area (Å²) >= 11 is 6.37. The van der Waals surface area contributed by atoms with E-state index in [-0.39, 0.29) is 16.4 Å². The number of hydrogen-bond donors (Lipinski definition) is 0. The van der Waals surface area contributed by atoms with Crippen LogP contribution < -0.4 is 5.56 Å². The van der Waals surface area contributed by atoms with Gasteiger partial charge in [0.25, 0.3) is 5.56 Å². The van der Waals surface area contributed by atoms with Crippen LogP contribution in [0.25, 0.3) is 10.9 Å². The summed E-state index contributed by atoms with van der Waals surface area (Å²) in [5, 5.41) is 0.412. The van der Waals surface area contributed by atoms with E-state index in [4.69, 9.17) is 11.6 Å². The fourth-order valence-electron chi connectivity index (χ4n) is 2.23. The van der Waals surface area contributed by atoms with Crippen molar-refractivity contribution in [1.82, 2.24) is 9.55 Å². The molecule has 0 radical (unpaired) electrons. The molecule has 20 heavy (non-hydrogen) atoms. The minimum Gasteiger partial charge on any atom is -0.294 e. The quantitative estimate of drug-likeness (QED) is 0.797. The number of aromatic nitrogens is 2. The van der Waals surface area contributed by atoms with Crippen LogP contribution in [-0.4, -0.2) is 9.55 Å². The Morgan fingerprint density at radius 2 is 1.95 bits per heavy atom. The van der Waals surface area contributed by atoms with Gasteiger partial charge >= 0.3 is 0 Å². The maximum Gasteiger partial charge on any atom is 0.261 e. The number of hydrogen-bond acceptors (Lipinski definition) is 2. The zero-order valence-electron chi connectivity index (χ0n) is 12.5. The second-order valence-electron chi connectivity index (χ2n) is 6.31. The molecule has 0 aliphatic carbocycles. The van der Waals surface area contributed by atoms with Gasteiger partial charge in [-0.05, 0) is 24.0 Å². The number of benzene rings is 1. The second kappa shape index (κ2) is 5.57. The van der Waals surface area contributed by atoms with Gasteiger partial charge in [0.1, 0.15) is 5.82 Å². The molecule has 1 unspecified atom stereocenters. The lowest BCUT2D eigenvalue weighted by Gasteiger charge is -2.23. The molecule has 4 heteroatoms. The van der Waals surface area contributed by atoms with Gasteiger partial charge in [-0.15, -0.1) is 11.6 Å². The minimum atomic E-state index is -0.241. The van der Waals surface area contributed by atoms with Gasteiger partial charge in [0, 0.05) is 6.54 Å². The SMILES string of the molecule is CCC(Cl)c1nc2ccccc2c(=O)n1CC(C)(C)C. The van der Waals surface area contributed by atoms with Gasteiger partial charge in [0.15, 0.2) is 0 Å². The first kappa shape index (κ1) is 15.0. The van der Waals surface area contributed by atoms with Crippen LogP contribution in [0.3, 0.4) is 0 Å². The Balaban J connectivity index is 2.73. The average molecular weight is 293 g/mol. The summed E-state index contributed by atoms with van der Waals surface area (Å²) in [5.41, 5.74) is 0.712. The maximum atomic E-state index is 12.7. The molecule has 0 aliphatic heterocycles. The van der Waals surface area contributed by atoms with Crippen molar-refractivity contribution in [2.45, 2.75) is 46.0 Å². The molecule has 0 aliphatic rings. The molecule has 2 aromatic rings. The van der Waals surface area contributed by atoms with Crippen LogP contribution in [0.4, 0.5) is 0 Å². The van der Waals surface area contributed by atoms with Crippen LogP contribution in [0.2, 0.25) is 0 Å². The van der Waals surface area contributed by atoms with E-state index in [0.29, 0.717) is 17.8 Å². The Morgan fingerprint density at radius 1 is 1.30 bits per heavy atom. The molecule has 1 aromatic heterocycles. The Morgan fingerprint density at radius 3 is 2.55 bits per heavy atom. The highest BCUT2D eigenvalue weighted by atomic mass is 35.5. The van der Waals surface area contributed by atoms with E-state index < -0.39 is 0 Å². The molecule has 108 valence electrons. The molecule has 0 amide bonds. The fraction of sp³-hybridized carbons (Fsp3) is 0.500.